The number of hydrogen-bond acceptors (Lipinski definition) is 3. The number of hydrogen-bond donors (Lipinski definition) is 1. The van der Waals surface area contributed by atoms with Crippen molar-refractivity contribution in [3.8, 4) is 22.4 Å². The molecule has 0 aliphatic heterocycles. The van der Waals surface area contributed by atoms with E-state index in [0.29, 0.717) is 0 Å². The first-order valence-corrected chi connectivity index (χ1v) is 10.4. The van der Waals surface area contributed by atoms with Crippen molar-refractivity contribution in [3.63, 3.8) is 0 Å². The highest BCUT2D eigenvalue weighted by atomic mass is 79.9. The molecule has 3 aromatic rings. The highest BCUT2D eigenvalue weighted by Gasteiger charge is 2.26. The SMILES string of the molecule is CC(C)c1nc2c(c(-c3ccc(F)cc3)c1CO)CCCc1nc(Br)ccc1-2. The van der Waals surface area contributed by atoms with Gasteiger partial charge in [-0.05, 0) is 82.1 Å². The Labute approximate surface area is 172 Å². The molecule has 5 heteroatoms. The normalized spacial score (nSPS) is 13.2. The molecule has 1 aliphatic rings. The number of benzene rings is 1. The number of fused-ring (bicyclic) bond motifs is 3. The van der Waals surface area contributed by atoms with Crippen molar-refractivity contribution in [1.29, 1.82) is 0 Å². The first kappa shape index (κ1) is 19.2. The van der Waals surface area contributed by atoms with Gasteiger partial charge in [0.25, 0.3) is 0 Å². The van der Waals surface area contributed by atoms with Gasteiger partial charge in [0.15, 0.2) is 0 Å². The van der Waals surface area contributed by atoms with Crippen LogP contribution in [0.5, 0.6) is 0 Å². The van der Waals surface area contributed by atoms with Crippen LogP contribution in [0.15, 0.2) is 41.0 Å². The van der Waals surface area contributed by atoms with E-state index in [2.05, 4.69) is 40.8 Å². The minimum atomic E-state index is -0.266. The summed E-state index contributed by atoms with van der Waals surface area (Å²) in [7, 11) is 0. The Morgan fingerprint density at radius 1 is 1.07 bits per heavy atom. The van der Waals surface area contributed by atoms with Crippen molar-refractivity contribution in [1.82, 2.24) is 9.97 Å². The van der Waals surface area contributed by atoms with Crippen LogP contribution in [-0.4, -0.2) is 15.1 Å². The molecule has 28 heavy (non-hydrogen) atoms. The van der Waals surface area contributed by atoms with Crippen LogP contribution in [0.1, 0.15) is 48.7 Å². The molecule has 3 nitrogen and oxygen atoms in total. The van der Waals surface area contributed by atoms with E-state index in [0.717, 1.165) is 68.8 Å². The summed E-state index contributed by atoms with van der Waals surface area (Å²) in [6, 6.07) is 10.5. The molecule has 0 atom stereocenters. The lowest BCUT2D eigenvalue weighted by atomic mass is 9.87. The van der Waals surface area contributed by atoms with Gasteiger partial charge < -0.3 is 5.11 Å². The molecule has 4 rings (SSSR count). The van der Waals surface area contributed by atoms with Gasteiger partial charge in [-0.2, -0.15) is 0 Å². The Balaban J connectivity index is 2.08. The quantitative estimate of drug-likeness (QED) is 0.522. The number of halogens is 2. The smallest absolute Gasteiger partial charge is 0.123 e. The number of aryl methyl sites for hydroxylation is 1. The summed E-state index contributed by atoms with van der Waals surface area (Å²) in [5.41, 5.74) is 7.77. The van der Waals surface area contributed by atoms with Gasteiger partial charge in [0.2, 0.25) is 0 Å². The van der Waals surface area contributed by atoms with E-state index >= 15 is 0 Å². The van der Waals surface area contributed by atoms with Crippen molar-refractivity contribution in [2.24, 2.45) is 0 Å². The molecule has 144 valence electrons. The second kappa shape index (κ2) is 7.72. The standard InChI is InChI=1S/C23H22BrFN2O/c1-13(2)22-18(12-28)21(14-6-8-15(25)9-7-14)17-4-3-5-19-16(23(17)27-22)10-11-20(24)26-19/h6-11,13,28H,3-5,12H2,1-2H3. The predicted octanol–water partition coefficient (Wildman–Crippen LogP) is 5.82. The van der Waals surface area contributed by atoms with Crippen LogP contribution < -0.4 is 0 Å². The molecule has 2 aromatic heterocycles. The second-order valence-electron chi connectivity index (χ2n) is 7.48. The highest BCUT2D eigenvalue weighted by Crippen LogP contribution is 2.41. The molecular formula is C23H22BrFN2O. The van der Waals surface area contributed by atoms with Crippen molar-refractivity contribution < 1.29 is 9.50 Å². The fraction of sp³-hybridized carbons (Fsp3) is 0.304. The van der Waals surface area contributed by atoms with Gasteiger partial charge in [0.05, 0.1) is 18.0 Å². The molecule has 0 unspecified atom stereocenters. The van der Waals surface area contributed by atoms with E-state index in [4.69, 9.17) is 4.98 Å². The molecule has 0 amide bonds. The second-order valence-corrected chi connectivity index (χ2v) is 8.29. The number of aliphatic hydroxyl groups is 1. The molecule has 1 aromatic carbocycles. The molecule has 0 bridgehead atoms. The van der Waals surface area contributed by atoms with E-state index in [-0.39, 0.29) is 18.3 Å². The van der Waals surface area contributed by atoms with Gasteiger partial charge in [-0.1, -0.05) is 26.0 Å². The Morgan fingerprint density at radius 3 is 2.50 bits per heavy atom. The Hall–Kier alpha value is -2.11. The zero-order valence-electron chi connectivity index (χ0n) is 16.0. The van der Waals surface area contributed by atoms with Crippen molar-refractivity contribution in [3.05, 3.63) is 69.3 Å². The van der Waals surface area contributed by atoms with Crippen LogP contribution in [0.3, 0.4) is 0 Å². The third-order valence-corrected chi connectivity index (χ3v) is 5.75. The fourth-order valence-corrected chi connectivity index (χ4v) is 4.41. The topological polar surface area (TPSA) is 46.0 Å². The molecule has 0 spiro atoms. The van der Waals surface area contributed by atoms with Crippen molar-refractivity contribution in [2.45, 2.75) is 45.6 Å². The summed E-state index contributed by atoms with van der Waals surface area (Å²) in [6.07, 6.45) is 2.67. The summed E-state index contributed by atoms with van der Waals surface area (Å²) in [5, 5.41) is 10.2. The van der Waals surface area contributed by atoms with E-state index < -0.39 is 0 Å². The van der Waals surface area contributed by atoms with Crippen molar-refractivity contribution >= 4 is 15.9 Å². The minimum absolute atomic E-state index is 0.0913. The average Bonchev–Trinajstić information content (AvgIpc) is 2.85. The van der Waals surface area contributed by atoms with E-state index in [9.17, 15) is 9.50 Å². The molecule has 1 aliphatic carbocycles. The maximum Gasteiger partial charge on any atom is 0.123 e. The first-order valence-electron chi connectivity index (χ1n) is 9.57. The minimum Gasteiger partial charge on any atom is -0.392 e. The number of rotatable bonds is 3. The molecule has 0 saturated heterocycles. The van der Waals surface area contributed by atoms with Gasteiger partial charge in [0, 0.05) is 16.8 Å². The Morgan fingerprint density at radius 2 is 1.82 bits per heavy atom. The van der Waals surface area contributed by atoms with Crippen LogP contribution in [-0.2, 0) is 19.4 Å². The summed E-state index contributed by atoms with van der Waals surface area (Å²) in [6.45, 7) is 4.07. The van der Waals surface area contributed by atoms with Gasteiger partial charge in [-0.15, -0.1) is 0 Å². The fourth-order valence-electron chi connectivity index (χ4n) is 4.07. The van der Waals surface area contributed by atoms with Gasteiger partial charge in [0.1, 0.15) is 10.4 Å². The molecule has 1 N–H and O–H groups in total. The lowest BCUT2D eigenvalue weighted by Gasteiger charge is -2.22. The summed E-state index contributed by atoms with van der Waals surface area (Å²) < 4.78 is 14.4. The molecule has 0 fully saturated rings. The number of pyridine rings is 2. The monoisotopic (exact) mass is 440 g/mol. The lowest BCUT2D eigenvalue weighted by Crippen LogP contribution is -2.09. The Bertz CT molecular complexity index is 1030. The first-order chi connectivity index (χ1) is 13.5. The predicted molar refractivity (Wildman–Crippen MR) is 113 cm³/mol. The number of aromatic nitrogens is 2. The summed E-state index contributed by atoms with van der Waals surface area (Å²) >= 11 is 3.47. The zero-order valence-corrected chi connectivity index (χ0v) is 17.6. The summed E-state index contributed by atoms with van der Waals surface area (Å²) in [5.74, 6) is -0.111. The van der Waals surface area contributed by atoms with Crippen LogP contribution >= 0.6 is 15.9 Å². The zero-order chi connectivity index (χ0) is 19.8. The Kier molecular flexibility index (Phi) is 5.30. The maximum absolute atomic E-state index is 13.6. The van der Waals surface area contributed by atoms with Crippen LogP contribution in [0.25, 0.3) is 22.4 Å². The highest BCUT2D eigenvalue weighted by molar-refractivity contribution is 9.10. The average molecular weight is 441 g/mol. The van der Waals surface area contributed by atoms with E-state index in [1.807, 2.05) is 6.07 Å². The maximum atomic E-state index is 13.6. The lowest BCUT2D eigenvalue weighted by molar-refractivity contribution is 0.280. The molecule has 2 heterocycles. The van der Waals surface area contributed by atoms with E-state index in [1.165, 1.54) is 12.1 Å². The van der Waals surface area contributed by atoms with Crippen molar-refractivity contribution in [2.75, 3.05) is 0 Å². The van der Waals surface area contributed by atoms with Crippen LogP contribution in [0, 0.1) is 5.82 Å². The van der Waals surface area contributed by atoms with E-state index in [1.54, 1.807) is 12.1 Å². The van der Waals surface area contributed by atoms with Gasteiger partial charge in [-0.3, -0.25) is 4.98 Å². The van der Waals surface area contributed by atoms with Crippen LogP contribution in [0.4, 0.5) is 4.39 Å². The largest absolute Gasteiger partial charge is 0.392 e. The molecule has 0 radical (unpaired) electrons. The number of nitrogens with zero attached hydrogens (tertiary/aromatic N) is 2. The van der Waals surface area contributed by atoms with Gasteiger partial charge >= 0.3 is 0 Å². The number of aliphatic hydroxyl groups excluding tert-OH is 1. The third-order valence-electron chi connectivity index (χ3n) is 5.30. The summed E-state index contributed by atoms with van der Waals surface area (Å²) in [4.78, 5) is 9.71. The van der Waals surface area contributed by atoms with Gasteiger partial charge in [-0.25, -0.2) is 9.37 Å². The molecular weight excluding hydrogens is 419 g/mol. The van der Waals surface area contributed by atoms with Crippen LogP contribution in [0.2, 0.25) is 0 Å². The third kappa shape index (κ3) is 3.38. The molecule has 0 saturated carbocycles.